The third kappa shape index (κ3) is 7.00. The molecule has 2 atom stereocenters. The molecule has 0 nitrogen and oxygen atoms in total. The van der Waals surface area contributed by atoms with Gasteiger partial charge in [-0.1, -0.05) is 64.1 Å². The number of rotatable bonds is 6. The summed E-state index contributed by atoms with van der Waals surface area (Å²) in [6.45, 7) is 11.2. The van der Waals surface area contributed by atoms with Gasteiger partial charge in [0, 0.05) is 0 Å². The van der Waals surface area contributed by atoms with E-state index in [2.05, 4.69) is 58.9 Å². The van der Waals surface area contributed by atoms with Crippen LogP contribution in [0, 0.1) is 11.8 Å². The molecule has 0 fully saturated rings. The van der Waals surface area contributed by atoms with Gasteiger partial charge in [-0.2, -0.15) is 0 Å². The van der Waals surface area contributed by atoms with Crippen LogP contribution in [0.4, 0.5) is 0 Å². The average molecular weight is 192 g/mol. The van der Waals surface area contributed by atoms with Crippen LogP contribution in [0.15, 0.2) is 24.3 Å². The van der Waals surface area contributed by atoms with Gasteiger partial charge in [0.25, 0.3) is 0 Å². The van der Waals surface area contributed by atoms with Gasteiger partial charge in [-0.05, 0) is 18.8 Å². The Morgan fingerprint density at radius 3 is 2.07 bits per heavy atom. The lowest BCUT2D eigenvalue weighted by Gasteiger charge is -2.11. The Balaban J connectivity index is 3.75. The van der Waals surface area contributed by atoms with Crippen LogP contribution in [0.3, 0.4) is 0 Å². The first-order valence-electron chi connectivity index (χ1n) is 5.87. The van der Waals surface area contributed by atoms with Crippen molar-refractivity contribution in [3.8, 4) is 0 Å². The van der Waals surface area contributed by atoms with Gasteiger partial charge in [-0.25, -0.2) is 0 Å². The average Bonchev–Trinajstić information content (AvgIpc) is 2.12. The standard InChI is InChI=1S/C13H25B/c1-6-8-12(4)13(5)9-7-10-14-11(2)3/h6-9,11-14H,10H2,1-5H3/b8-6+,9-7+. The zero-order chi connectivity index (χ0) is 11.0. The van der Waals surface area contributed by atoms with Crippen LogP contribution in [-0.4, -0.2) is 7.28 Å². The molecule has 0 heterocycles. The second-order valence-corrected chi connectivity index (χ2v) is 4.64. The van der Waals surface area contributed by atoms with E-state index in [1.807, 2.05) is 0 Å². The topological polar surface area (TPSA) is 0 Å². The number of hydrogen-bond donors (Lipinski definition) is 0. The molecule has 0 N–H and O–H groups in total. The summed E-state index contributed by atoms with van der Waals surface area (Å²) >= 11 is 0. The van der Waals surface area contributed by atoms with E-state index >= 15 is 0 Å². The van der Waals surface area contributed by atoms with Crippen molar-refractivity contribution in [1.82, 2.24) is 0 Å². The molecule has 0 rings (SSSR count). The zero-order valence-electron chi connectivity index (χ0n) is 10.5. The Labute approximate surface area is 90.7 Å². The van der Waals surface area contributed by atoms with Crippen LogP contribution in [0.25, 0.3) is 0 Å². The summed E-state index contributed by atoms with van der Waals surface area (Å²) in [6, 6.07) is 0. The van der Waals surface area contributed by atoms with E-state index in [1.165, 1.54) is 13.6 Å². The molecule has 2 unspecified atom stereocenters. The summed E-state index contributed by atoms with van der Waals surface area (Å²) in [5.41, 5.74) is 0. The number of hydrogen-bond acceptors (Lipinski definition) is 0. The van der Waals surface area contributed by atoms with E-state index < -0.39 is 0 Å². The highest BCUT2D eigenvalue weighted by molar-refractivity contribution is 6.37. The molecule has 80 valence electrons. The molecule has 0 aromatic heterocycles. The second-order valence-electron chi connectivity index (χ2n) is 4.64. The lowest BCUT2D eigenvalue weighted by Crippen LogP contribution is -2.01. The van der Waals surface area contributed by atoms with Crippen molar-refractivity contribution in [3.63, 3.8) is 0 Å². The van der Waals surface area contributed by atoms with Crippen molar-refractivity contribution in [2.75, 3.05) is 0 Å². The van der Waals surface area contributed by atoms with E-state index in [0.29, 0.717) is 11.8 Å². The maximum absolute atomic E-state index is 2.35. The molecule has 0 aliphatic rings. The van der Waals surface area contributed by atoms with Crippen molar-refractivity contribution in [2.45, 2.75) is 46.8 Å². The summed E-state index contributed by atoms with van der Waals surface area (Å²) < 4.78 is 0. The highest BCUT2D eigenvalue weighted by atomic mass is 14.1. The summed E-state index contributed by atoms with van der Waals surface area (Å²) in [7, 11) is 1.31. The Morgan fingerprint density at radius 1 is 1.00 bits per heavy atom. The molecule has 0 saturated heterocycles. The van der Waals surface area contributed by atoms with Crippen molar-refractivity contribution >= 4 is 7.28 Å². The zero-order valence-corrected chi connectivity index (χ0v) is 10.5. The smallest absolute Gasteiger partial charge is 0.0957 e. The third-order valence-electron chi connectivity index (χ3n) is 2.68. The molecule has 0 spiro atoms. The lowest BCUT2D eigenvalue weighted by molar-refractivity contribution is 0.557. The molecular formula is C13H25B. The maximum atomic E-state index is 2.35. The fraction of sp³-hybridized carbons (Fsp3) is 0.692. The van der Waals surface area contributed by atoms with Gasteiger partial charge in [-0.3, -0.25) is 0 Å². The minimum atomic E-state index is 0.662. The van der Waals surface area contributed by atoms with Crippen LogP contribution in [-0.2, 0) is 0 Å². The van der Waals surface area contributed by atoms with Gasteiger partial charge in [0.05, 0.1) is 0 Å². The largest absolute Gasteiger partial charge is 0.127 e. The van der Waals surface area contributed by atoms with Gasteiger partial charge >= 0.3 is 0 Å². The van der Waals surface area contributed by atoms with Crippen LogP contribution < -0.4 is 0 Å². The van der Waals surface area contributed by atoms with E-state index in [0.717, 1.165) is 5.82 Å². The van der Waals surface area contributed by atoms with Crippen LogP contribution in [0.1, 0.15) is 34.6 Å². The SMILES string of the molecule is C/C=C/C(C)C(C)/C=C/CBC(C)C. The Bertz CT molecular complexity index is 180. The van der Waals surface area contributed by atoms with Gasteiger partial charge in [-0.15, -0.1) is 0 Å². The quantitative estimate of drug-likeness (QED) is 0.439. The van der Waals surface area contributed by atoms with Gasteiger partial charge in [0.2, 0.25) is 0 Å². The molecule has 0 bridgehead atoms. The van der Waals surface area contributed by atoms with Crippen molar-refractivity contribution in [2.24, 2.45) is 11.8 Å². The summed E-state index contributed by atoms with van der Waals surface area (Å²) in [4.78, 5) is 0. The van der Waals surface area contributed by atoms with Gasteiger partial charge in [0.15, 0.2) is 0 Å². The second kappa shape index (κ2) is 7.90. The Kier molecular flexibility index (Phi) is 7.65. The first kappa shape index (κ1) is 13.5. The highest BCUT2D eigenvalue weighted by Crippen LogP contribution is 2.14. The summed E-state index contributed by atoms with van der Waals surface area (Å²) in [6.07, 6.45) is 10.3. The first-order valence-corrected chi connectivity index (χ1v) is 5.87. The summed E-state index contributed by atoms with van der Waals surface area (Å²) in [5, 5.41) is 0. The fourth-order valence-corrected chi connectivity index (χ4v) is 1.39. The molecule has 1 heteroatoms. The highest BCUT2D eigenvalue weighted by Gasteiger charge is 2.04. The van der Waals surface area contributed by atoms with E-state index in [1.54, 1.807) is 0 Å². The monoisotopic (exact) mass is 192 g/mol. The summed E-state index contributed by atoms with van der Waals surface area (Å²) in [5.74, 6) is 2.15. The first-order chi connectivity index (χ1) is 6.57. The molecule has 0 aromatic carbocycles. The molecule has 0 aliphatic heterocycles. The van der Waals surface area contributed by atoms with Crippen LogP contribution >= 0.6 is 0 Å². The maximum Gasteiger partial charge on any atom is 0.127 e. The minimum Gasteiger partial charge on any atom is -0.0957 e. The predicted octanol–water partition coefficient (Wildman–Crippen LogP) is 4.07. The lowest BCUT2D eigenvalue weighted by atomic mass is 9.63. The van der Waals surface area contributed by atoms with E-state index in [-0.39, 0.29) is 0 Å². The molecule has 0 amide bonds. The fourth-order valence-electron chi connectivity index (χ4n) is 1.39. The minimum absolute atomic E-state index is 0.662. The third-order valence-corrected chi connectivity index (χ3v) is 2.68. The molecule has 14 heavy (non-hydrogen) atoms. The normalized spacial score (nSPS) is 16.7. The van der Waals surface area contributed by atoms with Gasteiger partial charge < -0.3 is 0 Å². The van der Waals surface area contributed by atoms with Crippen LogP contribution in [0.2, 0.25) is 12.1 Å². The predicted molar refractivity (Wildman–Crippen MR) is 69.3 cm³/mol. The molecular weight excluding hydrogens is 167 g/mol. The van der Waals surface area contributed by atoms with Gasteiger partial charge in [0.1, 0.15) is 7.28 Å². The molecule has 0 aliphatic carbocycles. The Hall–Kier alpha value is -0.455. The van der Waals surface area contributed by atoms with Crippen LogP contribution in [0.5, 0.6) is 0 Å². The van der Waals surface area contributed by atoms with Crippen molar-refractivity contribution in [1.29, 1.82) is 0 Å². The molecule has 0 radical (unpaired) electrons. The number of allylic oxidation sites excluding steroid dienone is 4. The van der Waals surface area contributed by atoms with Crippen molar-refractivity contribution < 1.29 is 0 Å². The molecule has 0 aromatic rings. The Morgan fingerprint density at radius 2 is 1.57 bits per heavy atom. The molecule has 0 saturated carbocycles. The van der Waals surface area contributed by atoms with Crippen molar-refractivity contribution in [3.05, 3.63) is 24.3 Å². The van der Waals surface area contributed by atoms with E-state index in [9.17, 15) is 0 Å². The van der Waals surface area contributed by atoms with E-state index in [4.69, 9.17) is 0 Å².